The van der Waals surface area contributed by atoms with Gasteiger partial charge >= 0.3 is 0 Å². The van der Waals surface area contributed by atoms with Gasteiger partial charge in [0.05, 0.1) is 24.5 Å². The maximum absolute atomic E-state index is 13.4. The van der Waals surface area contributed by atoms with E-state index in [4.69, 9.17) is 4.74 Å². The van der Waals surface area contributed by atoms with Crippen LogP contribution in [0.15, 0.2) is 59.2 Å². The van der Waals surface area contributed by atoms with Crippen LogP contribution >= 0.6 is 0 Å². The SMILES string of the molecule is CCC/C(=C\c1cc(C)c(O)c(C)c1)CC[C@@H](O)C1=C(COc2ccccc2)C[C@H]2C(=O)N(CCC)C(=O)[C@H]2[C@H]1CO. The highest BCUT2D eigenvalue weighted by Crippen LogP contribution is 2.46. The van der Waals surface area contributed by atoms with Crippen molar-refractivity contribution in [2.75, 3.05) is 19.8 Å². The van der Waals surface area contributed by atoms with Crippen LogP contribution in [0, 0.1) is 31.6 Å². The molecule has 1 saturated heterocycles. The minimum Gasteiger partial charge on any atom is -0.507 e. The van der Waals surface area contributed by atoms with E-state index in [0.29, 0.717) is 49.3 Å². The molecule has 0 spiro atoms. The van der Waals surface area contributed by atoms with Gasteiger partial charge in [-0.15, -0.1) is 0 Å². The van der Waals surface area contributed by atoms with Gasteiger partial charge in [0.1, 0.15) is 18.1 Å². The molecule has 2 aromatic carbocycles. The van der Waals surface area contributed by atoms with Gasteiger partial charge in [0.25, 0.3) is 0 Å². The van der Waals surface area contributed by atoms with E-state index in [9.17, 15) is 24.9 Å². The lowest BCUT2D eigenvalue weighted by Gasteiger charge is -2.36. The van der Waals surface area contributed by atoms with Gasteiger partial charge in [-0.3, -0.25) is 14.5 Å². The Hall–Kier alpha value is -3.42. The second-order valence-electron chi connectivity index (χ2n) is 11.7. The fourth-order valence-corrected chi connectivity index (χ4v) is 6.66. The number of carbonyl (C=O) groups excluding carboxylic acids is 2. The highest BCUT2D eigenvalue weighted by molar-refractivity contribution is 6.05. The highest BCUT2D eigenvalue weighted by Gasteiger charge is 2.54. The molecule has 42 heavy (non-hydrogen) atoms. The number of aromatic hydroxyl groups is 1. The number of phenols is 1. The quantitative estimate of drug-likeness (QED) is 0.208. The van der Waals surface area contributed by atoms with Crippen molar-refractivity contribution in [1.29, 1.82) is 0 Å². The van der Waals surface area contributed by atoms with Gasteiger partial charge in [-0.25, -0.2) is 0 Å². The number of allylic oxidation sites excluding steroid dienone is 1. The molecule has 0 unspecified atom stereocenters. The normalized spacial score (nSPS) is 21.6. The Morgan fingerprint density at radius 2 is 1.74 bits per heavy atom. The number of rotatable bonds is 13. The molecule has 3 N–H and O–H groups in total. The first-order chi connectivity index (χ1) is 20.2. The zero-order chi connectivity index (χ0) is 30.4. The number of imide groups is 1. The number of nitrogens with zero attached hydrogens (tertiary/aromatic N) is 1. The van der Waals surface area contributed by atoms with Crippen molar-refractivity contribution in [1.82, 2.24) is 4.90 Å². The van der Waals surface area contributed by atoms with Crippen LogP contribution in [0.25, 0.3) is 6.08 Å². The molecule has 1 fully saturated rings. The number of aliphatic hydroxyl groups excluding tert-OH is 2. The van der Waals surface area contributed by atoms with Crippen LogP contribution in [0.1, 0.15) is 69.1 Å². The summed E-state index contributed by atoms with van der Waals surface area (Å²) in [5, 5.41) is 32.5. The van der Waals surface area contributed by atoms with E-state index in [0.717, 1.165) is 35.1 Å². The lowest BCUT2D eigenvalue weighted by molar-refractivity contribution is -0.140. The van der Waals surface area contributed by atoms with Crippen molar-refractivity contribution < 1.29 is 29.6 Å². The molecule has 7 heteroatoms. The number of aryl methyl sites for hydroxylation is 2. The van der Waals surface area contributed by atoms with Gasteiger partial charge < -0.3 is 20.1 Å². The highest BCUT2D eigenvalue weighted by atomic mass is 16.5. The number of fused-ring (bicyclic) bond motifs is 1. The van der Waals surface area contributed by atoms with E-state index < -0.39 is 23.9 Å². The number of aliphatic hydroxyl groups is 2. The van der Waals surface area contributed by atoms with Crippen LogP contribution in [0.5, 0.6) is 11.5 Å². The van der Waals surface area contributed by atoms with Crippen LogP contribution in [-0.4, -0.2) is 57.9 Å². The van der Waals surface area contributed by atoms with Gasteiger partial charge in [-0.2, -0.15) is 0 Å². The summed E-state index contributed by atoms with van der Waals surface area (Å²) >= 11 is 0. The predicted molar refractivity (Wildman–Crippen MR) is 164 cm³/mol. The Kier molecular flexibility index (Phi) is 10.6. The molecule has 1 heterocycles. The molecule has 0 bridgehead atoms. The summed E-state index contributed by atoms with van der Waals surface area (Å²) in [5.41, 5.74) is 5.26. The Balaban J connectivity index is 1.63. The number of para-hydroxylation sites is 1. The molecule has 2 aliphatic rings. The lowest BCUT2D eigenvalue weighted by Crippen LogP contribution is -2.40. The van der Waals surface area contributed by atoms with Crippen molar-refractivity contribution in [3.8, 4) is 11.5 Å². The van der Waals surface area contributed by atoms with E-state index in [2.05, 4.69) is 13.0 Å². The summed E-state index contributed by atoms with van der Waals surface area (Å²) in [6.45, 7) is 8.03. The van der Waals surface area contributed by atoms with Crippen LogP contribution in [0.3, 0.4) is 0 Å². The fourth-order valence-electron chi connectivity index (χ4n) is 6.66. The number of hydrogen-bond donors (Lipinski definition) is 3. The first-order valence-corrected chi connectivity index (χ1v) is 15.2. The van der Waals surface area contributed by atoms with Crippen molar-refractivity contribution in [2.24, 2.45) is 17.8 Å². The van der Waals surface area contributed by atoms with Gasteiger partial charge in [0.2, 0.25) is 11.8 Å². The van der Waals surface area contributed by atoms with Crippen LogP contribution in [0.4, 0.5) is 0 Å². The molecular formula is C35H45NO6. The first-order valence-electron chi connectivity index (χ1n) is 15.2. The summed E-state index contributed by atoms with van der Waals surface area (Å²) in [7, 11) is 0. The van der Waals surface area contributed by atoms with E-state index in [1.165, 1.54) is 10.5 Å². The van der Waals surface area contributed by atoms with Crippen LogP contribution in [-0.2, 0) is 9.59 Å². The molecule has 0 saturated carbocycles. The summed E-state index contributed by atoms with van der Waals surface area (Å²) in [4.78, 5) is 28.1. The Bertz CT molecular complexity index is 1310. The minimum absolute atomic E-state index is 0.176. The standard InChI is InChI=1S/C35H45NO6/c1-5-10-24(18-25-16-22(3)33(39)23(4)17-25)13-14-30(38)31-26(21-42-27-11-8-7-9-12-27)19-28-32(29(31)20-37)35(41)36(15-6-2)34(28)40/h7-9,11-12,16-18,28-30,32,37-39H,5-6,10,13-15,19-21H2,1-4H3/b24-18+/t28-,29+,30-,32-/m1/s1. The minimum atomic E-state index is -0.899. The molecule has 7 nitrogen and oxygen atoms in total. The monoisotopic (exact) mass is 575 g/mol. The molecular weight excluding hydrogens is 530 g/mol. The van der Waals surface area contributed by atoms with Crippen LogP contribution < -0.4 is 4.74 Å². The number of ether oxygens (including phenoxy) is 1. The van der Waals surface area contributed by atoms with Gasteiger partial charge in [0.15, 0.2) is 0 Å². The van der Waals surface area contributed by atoms with E-state index in [-0.39, 0.29) is 25.0 Å². The Labute approximate surface area is 249 Å². The van der Waals surface area contributed by atoms with Crippen molar-refractivity contribution in [2.45, 2.75) is 72.3 Å². The average Bonchev–Trinajstić information content (AvgIpc) is 3.21. The zero-order valence-corrected chi connectivity index (χ0v) is 25.3. The summed E-state index contributed by atoms with van der Waals surface area (Å²) in [6, 6.07) is 13.3. The maximum atomic E-state index is 13.4. The summed E-state index contributed by atoms with van der Waals surface area (Å²) in [5.74, 6) is -1.33. The first kappa shape index (κ1) is 31.5. The van der Waals surface area contributed by atoms with Gasteiger partial charge in [0, 0.05) is 12.5 Å². The van der Waals surface area contributed by atoms with E-state index in [1.807, 2.05) is 63.2 Å². The molecule has 1 aliphatic carbocycles. The molecule has 0 aromatic heterocycles. The third-order valence-electron chi connectivity index (χ3n) is 8.63. The number of hydrogen-bond acceptors (Lipinski definition) is 6. The molecule has 2 aromatic rings. The second-order valence-corrected chi connectivity index (χ2v) is 11.7. The largest absolute Gasteiger partial charge is 0.507 e. The number of likely N-dealkylation sites (tertiary alicyclic amines) is 1. The van der Waals surface area contributed by atoms with Crippen molar-refractivity contribution in [3.05, 3.63) is 75.9 Å². The smallest absolute Gasteiger partial charge is 0.233 e. The van der Waals surface area contributed by atoms with Gasteiger partial charge in [-0.05, 0) is 98.1 Å². The average molecular weight is 576 g/mol. The Morgan fingerprint density at radius 1 is 1.05 bits per heavy atom. The number of amides is 2. The summed E-state index contributed by atoms with van der Waals surface area (Å²) < 4.78 is 6.09. The Morgan fingerprint density at radius 3 is 2.36 bits per heavy atom. The molecule has 226 valence electrons. The number of carbonyl (C=O) groups is 2. The third kappa shape index (κ3) is 6.79. The van der Waals surface area contributed by atoms with E-state index >= 15 is 0 Å². The predicted octanol–water partition coefficient (Wildman–Crippen LogP) is 5.73. The zero-order valence-electron chi connectivity index (χ0n) is 25.3. The van der Waals surface area contributed by atoms with Gasteiger partial charge in [-0.1, -0.05) is 50.1 Å². The fraction of sp³-hybridized carbons (Fsp3) is 0.486. The molecule has 2 amide bonds. The van der Waals surface area contributed by atoms with E-state index in [1.54, 1.807) is 0 Å². The van der Waals surface area contributed by atoms with Crippen molar-refractivity contribution in [3.63, 3.8) is 0 Å². The molecule has 0 radical (unpaired) electrons. The third-order valence-corrected chi connectivity index (χ3v) is 8.63. The van der Waals surface area contributed by atoms with Crippen LogP contribution in [0.2, 0.25) is 0 Å². The van der Waals surface area contributed by atoms with Crippen molar-refractivity contribution >= 4 is 17.9 Å². The second kappa shape index (κ2) is 14.2. The topological polar surface area (TPSA) is 107 Å². The molecule has 4 rings (SSSR count). The number of phenolic OH excluding ortho intramolecular Hbond substituents is 1. The lowest BCUT2D eigenvalue weighted by atomic mass is 9.68. The molecule has 4 atom stereocenters. The summed E-state index contributed by atoms with van der Waals surface area (Å²) in [6.07, 6.45) is 5.09. The maximum Gasteiger partial charge on any atom is 0.233 e. The molecule has 1 aliphatic heterocycles. The number of benzene rings is 2.